The summed E-state index contributed by atoms with van der Waals surface area (Å²) in [6, 6.07) is 0.715. The summed E-state index contributed by atoms with van der Waals surface area (Å²) >= 11 is 0. The normalized spacial score (nSPS) is 22.5. The number of carbonyl (C=O) groups excluding carboxylic acids is 1. The van der Waals surface area contributed by atoms with Crippen molar-refractivity contribution in [1.29, 1.82) is 0 Å². The van der Waals surface area contributed by atoms with Crippen LogP contribution in [0.2, 0.25) is 0 Å². The van der Waals surface area contributed by atoms with E-state index >= 15 is 0 Å². The van der Waals surface area contributed by atoms with Gasteiger partial charge in [-0.3, -0.25) is 9.69 Å². The third-order valence-electron chi connectivity index (χ3n) is 3.36. The molecule has 1 atom stereocenters. The molecule has 0 aliphatic carbocycles. The number of likely N-dealkylation sites (N-methyl/N-ethyl adjacent to an activating group) is 1. The molecule has 3 nitrogen and oxygen atoms in total. The van der Waals surface area contributed by atoms with Gasteiger partial charge in [-0.25, -0.2) is 0 Å². The highest BCUT2D eigenvalue weighted by Crippen LogP contribution is 2.15. The van der Waals surface area contributed by atoms with E-state index in [0.717, 1.165) is 32.7 Å². The van der Waals surface area contributed by atoms with E-state index in [1.54, 1.807) is 6.92 Å². The molecule has 0 aromatic heterocycles. The molecule has 0 aromatic rings. The van der Waals surface area contributed by atoms with E-state index in [1.807, 2.05) is 0 Å². The van der Waals surface area contributed by atoms with Gasteiger partial charge in [-0.1, -0.05) is 13.8 Å². The van der Waals surface area contributed by atoms with Crippen molar-refractivity contribution in [3.8, 4) is 0 Å². The maximum atomic E-state index is 10.9. The summed E-state index contributed by atoms with van der Waals surface area (Å²) in [6.07, 6.45) is 1.98. The maximum Gasteiger partial charge on any atom is 0.131 e. The molecule has 15 heavy (non-hydrogen) atoms. The number of likely N-dealkylation sites (tertiary alicyclic amines) is 1. The average Bonchev–Trinajstić information content (AvgIpc) is 2.65. The van der Waals surface area contributed by atoms with Crippen molar-refractivity contribution >= 4 is 5.78 Å². The molecule has 0 N–H and O–H groups in total. The van der Waals surface area contributed by atoms with Crippen molar-refractivity contribution in [2.24, 2.45) is 0 Å². The Bertz CT molecular complexity index is 202. The topological polar surface area (TPSA) is 23.6 Å². The summed E-state index contributed by atoms with van der Waals surface area (Å²) in [4.78, 5) is 15.8. The number of carbonyl (C=O) groups is 1. The van der Waals surface area contributed by atoms with Gasteiger partial charge in [0.1, 0.15) is 5.78 Å². The highest BCUT2D eigenvalue weighted by atomic mass is 16.1. The van der Waals surface area contributed by atoms with Crippen LogP contribution in [-0.2, 0) is 4.79 Å². The molecule has 0 saturated carbocycles. The second-order valence-corrected chi connectivity index (χ2v) is 4.42. The van der Waals surface area contributed by atoms with E-state index in [0.29, 0.717) is 18.2 Å². The lowest BCUT2D eigenvalue weighted by Crippen LogP contribution is -2.37. The zero-order chi connectivity index (χ0) is 11.3. The Labute approximate surface area is 93.4 Å². The molecule has 1 heterocycles. The fraction of sp³-hybridized carbons (Fsp3) is 0.917. The van der Waals surface area contributed by atoms with Crippen molar-refractivity contribution in [3.05, 3.63) is 0 Å². The van der Waals surface area contributed by atoms with Gasteiger partial charge in [-0.15, -0.1) is 0 Å². The lowest BCUT2D eigenvalue weighted by molar-refractivity contribution is -0.117. The van der Waals surface area contributed by atoms with Gasteiger partial charge in [0, 0.05) is 25.6 Å². The van der Waals surface area contributed by atoms with Crippen molar-refractivity contribution in [2.45, 2.75) is 39.7 Å². The largest absolute Gasteiger partial charge is 0.301 e. The Morgan fingerprint density at radius 3 is 2.60 bits per heavy atom. The third-order valence-corrected chi connectivity index (χ3v) is 3.36. The molecule has 1 saturated heterocycles. The van der Waals surface area contributed by atoms with Gasteiger partial charge >= 0.3 is 0 Å². The third kappa shape index (κ3) is 3.92. The van der Waals surface area contributed by atoms with Crippen molar-refractivity contribution in [2.75, 3.05) is 32.7 Å². The van der Waals surface area contributed by atoms with Crippen LogP contribution in [0.5, 0.6) is 0 Å². The highest BCUT2D eigenvalue weighted by Gasteiger charge is 2.25. The fourth-order valence-corrected chi connectivity index (χ4v) is 2.37. The zero-order valence-corrected chi connectivity index (χ0v) is 10.3. The lowest BCUT2D eigenvalue weighted by atomic mass is 10.2. The first-order valence-electron chi connectivity index (χ1n) is 6.13. The lowest BCUT2D eigenvalue weighted by Gasteiger charge is -2.26. The Kier molecular flexibility index (Phi) is 5.26. The number of nitrogens with zero attached hydrogens (tertiary/aromatic N) is 2. The molecule has 88 valence electrons. The number of rotatable bonds is 6. The van der Waals surface area contributed by atoms with E-state index in [-0.39, 0.29) is 0 Å². The molecule has 0 aromatic carbocycles. The fourth-order valence-electron chi connectivity index (χ4n) is 2.37. The summed E-state index contributed by atoms with van der Waals surface area (Å²) < 4.78 is 0. The monoisotopic (exact) mass is 212 g/mol. The van der Waals surface area contributed by atoms with Crippen molar-refractivity contribution in [1.82, 2.24) is 9.80 Å². The summed E-state index contributed by atoms with van der Waals surface area (Å²) in [6.45, 7) is 11.7. The second kappa shape index (κ2) is 6.23. The Hall–Kier alpha value is -0.410. The van der Waals surface area contributed by atoms with Gasteiger partial charge in [0.25, 0.3) is 0 Å². The van der Waals surface area contributed by atoms with Crippen LogP contribution >= 0.6 is 0 Å². The van der Waals surface area contributed by atoms with Crippen LogP contribution in [0.3, 0.4) is 0 Å². The SMILES string of the molecule is CCN(CC)C1CCN(CCC(C)=O)C1. The van der Waals surface area contributed by atoms with Gasteiger partial charge in [0.15, 0.2) is 0 Å². The minimum Gasteiger partial charge on any atom is -0.301 e. The van der Waals surface area contributed by atoms with E-state index in [2.05, 4.69) is 23.6 Å². The van der Waals surface area contributed by atoms with Crippen LogP contribution in [0.25, 0.3) is 0 Å². The molecule has 3 heteroatoms. The first-order chi connectivity index (χ1) is 7.17. The molecular weight excluding hydrogens is 188 g/mol. The quantitative estimate of drug-likeness (QED) is 0.664. The molecule has 1 rings (SSSR count). The van der Waals surface area contributed by atoms with Crippen LogP contribution < -0.4 is 0 Å². The van der Waals surface area contributed by atoms with Crippen molar-refractivity contribution in [3.63, 3.8) is 0 Å². The first kappa shape index (κ1) is 12.7. The molecule has 0 radical (unpaired) electrons. The predicted octanol–water partition coefficient (Wildman–Crippen LogP) is 1.38. The van der Waals surface area contributed by atoms with E-state index in [4.69, 9.17) is 0 Å². The molecular formula is C12H24N2O. The molecule has 1 aliphatic rings. The minimum atomic E-state index is 0.307. The molecule has 0 bridgehead atoms. The molecule has 1 aliphatic heterocycles. The van der Waals surface area contributed by atoms with Crippen LogP contribution in [0, 0.1) is 0 Å². The van der Waals surface area contributed by atoms with Crippen LogP contribution in [0.15, 0.2) is 0 Å². The van der Waals surface area contributed by atoms with Gasteiger partial charge in [-0.05, 0) is 33.0 Å². The van der Waals surface area contributed by atoms with Crippen molar-refractivity contribution < 1.29 is 4.79 Å². The zero-order valence-electron chi connectivity index (χ0n) is 10.3. The Morgan fingerprint density at radius 1 is 1.40 bits per heavy atom. The first-order valence-corrected chi connectivity index (χ1v) is 6.13. The minimum absolute atomic E-state index is 0.307. The maximum absolute atomic E-state index is 10.9. The number of Topliss-reactive ketones (excluding diaryl/α,β-unsaturated/α-hetero) is 1. The number of hydrogen-bond donors (Lipinski definition) is 0. The molecule has 0 spiro atoms. The average molecular weight is 212 g/mol. The van der Waals surface area contributed by atoms with Crippen LogP contribution in [-0.4, -0.2) is 54.3 Å². The smallest absolute Gasteiger partial charge is 0.131 e. The van der Waals surface area contributed by atoms with Crippen LogP contribution in [0.1, 0.15) is 33.6 Å². The summed E-state index contributed by atoms with van der Waals surface area (Å²) in [5.41, 5.74) is 0. The van der Waals surface area contributed by atoms with E-state index < -0.39 is 0 Å². The van der Waals surface area contributed by atoms with Gasteiger partial charge < -0.3 is 4.90 Å². The van der Waals surface area contributed by atoms with Gasteiger partial charge in [0.2, 0.25) is 0 Å². The summed E-state index contributed by atoms with van der Waals surface area (Å²) in [7, 11) is 0. The highest BCUT2D eigenvalue weighted by molar-refractivity contribution is 5.75. The van der Waals surface area contributed by atoms with Gasteiger partial charge in [0.05, 0.1) is 0 Å². The number of hydrogen-bond acceptors (Lipinski definition) is 3. The summed E-state index contributed by atoms with van der Waals surface area (Å²) in [5.74, 6) is 0.307. The second-order valence-electron chi connectivity index (χ2n) is 4.42. The molecule has 1 fully saturated rings. The Balaban J connectivity index is 2.28. The molecule has 0 amide bonds. The van der Waals surface area contributed by atoms with Gasteiger partial charge in [-0.2, -0.15) is 0 Å². The Morgan fingerprint density at radius 2 is 2.07 bits per heavy atom. The van der Waals surface area contributed by atoms with E-state index in [9.17, 15) is 4.79 Å². The predicted molar refractivity (Wildman–Crippen MR) is 63.1 cm³/mol. The number of ketones is 1. The standard InChI is InChI=1S/C12H24N2O/c1-4-14(5-2)12-7-9-13(10-12)8-6-11(3)15/h12H,4-10H2,1-3H3. The van der Waals surface area contributed by atoms with E-state index in [1.165, 1.54) is 6.42 Å². The molecule has 1 unspecified atom stereocenters. The summed E-state index contributed by atoms with van der Waals surface area (Å²) in [5, 5.41) is 0. The van der Waals surface area contributed by atoms with Crippen LogP contribution in [0.4, 0.5) is 0 Å².